The average molecular weight is 928 g/mol. The fraction of sp³-hybridized carbons (Fsp3) is 0.408. The Bertz CT molecular complexity index is 2640. The highest BCUT2D eigenvalue weighted by atomic mass is 19.4. The number of benzene rings is 3. The maximum atomic E-state index is 15.8. The Labute approximate surface area is 384 Å². The monoisotopic (exact) mass is 927 g/mol. The predicted molar refractivity (Wildman–Crippen MR) is 244 cm³/mol. The molecule has 4 heterocycles. The number of amides is 5. The zero-order chi connectivity index (χ0) is 48.2. The smallest absolute Gasteiger partial charge is 0.384 e. The van der Waals surface area contributed by atoms with Crippen molar-refractivity contribution in [3.8, 4) is 11.1 Å². The molecular weight excluding hydrogens is 875 g/mol. The lowest BCUT2D eigenvalue weighted by molar-refractivity contribution is -0.138. The van der Waals surface area contributed by atoms with Crippen LogP contribution in [0, 0.1) is 5.82 Å². The minimum Gasteiger partial charge on any atom is -0.384 e. The Balaban J connectivity index is 0.896. The Hall–Kier alpha value is -6.69. The minimum atomic E-state index is -4.98. The van der Waals surface area contributed by atoms with Gasteiger partial charge >= 0.3 is 6.18 Å². The molecule has 5 amide bonds. The van der Waals surface area contributed by atoms with Crippen molar-refractivity contribution < 1.29 is 46.3 Å². The van der Waals surface area contributed by atoms with Gasteiger partial charge in [0.2, 0.25) is 17.4 Å². The maximum absolute atomic E-state index is 15.8. The van der Waals surface area contributed by atoms with Gasteiger partial charge in [-0.3, -0.25) is 48.7 Å². The van der Waals surface area contributed by atoms with Crippen molar-refractivity contribution in [3.05, 3.63) is 111 Å². The number of nitrogens with one attached hydrogen (secondary N) is 4. The molecule has 14 nitrogen and oxygen atoms in total. The summed E-state index contributed by atoms with van der Waals surface area (Å²) in [5.74, 6) is -4.22. The summed E-state index contributed by atoms with van der Waals surface area (Å²) >= 11 is 0. The van der Waals surface area contributed by atoms with E-state index in [1.165, 1.54) is 24.3 Å². The van der Waals surface area contributed by atoms with E-state index in [0.29, 0.717) is 49.1 Å². The highest BCUT2D eigenvalue weighted by Crippen LogP contribution is 2.37. The quantitative estimate of drug-likeness (QED) is 0.0353. The van der Waals surface area contributed by atoms with Gasteiger partial charge < -0.3 is 20.5 Å². The number of unbranched alkanes of at least 4 members (excludes halogenated alkanes) is 6. The molecule has 2 saturated heterocycles. The van der Waals surface area contributed by atoms with Gasteiger partial charge in [0, 0.05) is 73.6 Å². The fourth-order valence-electron chi connectivity index (χ4n) is 9.01. The zero-order valence-corrected chi connectivity index (χ0v) is 37.5. The van der Waals surface area contributed by atoms with Crippen molar-refractivity contribution in [1.29, 1.82) is 0 Å². The molecule has 0 radical (unpaired) electrons. The Morgan fingerprint density at radius 1 is 0.806 bits per heavy atom. The number of fused-ring (bicyclic) bond motifs is 1. The molecule has 0 saturated carbocycles. The Morgan fingerprint density at radius 3 is 2.19 bits per heavy atom. The van der Waals surface area contributed by atoms with Crippen LogP contribution in [-0.4, -0.2) is 94.9 Å². The molecule has 354 valence electrons. The summed E-state index contributed by atoms with van der Waals surface area (Å²) in [6.45, 7) is 5.72. The molecule has 67 heavy (non-hydrogen) atoms. The molecule has 4 N–H and O–H groups in total. The number of hydrogen-bond acceptors (Lipinski definition) is 10. The lowest BCUT2D eigenvalue weighted by atomic mass is 9.98. The number of carbonyl (C=O) groups excluding carboxylic acids is 6. The summed E-state index contributed by atoms with van der Waals surface area (Å²) < 4.78 is 57.5. The number of piperazine rings is 1. The first-order chi connectivity index (χ1) is 31.9. The number of nitrogens with zero attached hydrogens (tertiary/aromatic N) is 3. The number of likely N-dealkylation sites (N-methyl/N-ethyl adjacent to an activating group) is 1. The predicted octanol–water partition coefficient (Wildman–Crippen LogP) is 7.80. The topological polar surface area (TPSA) is 181 Å². The number of H-pyrrole nitrogens is 1. The van der Waals surface area contributed by atoms with E-state index in [1.807, 2.05) is 25.8 Å². The molecule has 3 aliphatic rings. The third kappa shape index (κ3) is 10.8. The van der Waals surface area contributed by atoms with Gasteiger partial charge in [-0.15, -0.1) is 0 Å². The first kappa shape index (κ1) is 48.2. The van der Waals surface area contributed by atoms with Crippen LogP contribution in [0.15, 0.2) is 71.7 Å². The van der Waals surface area contributed by atoms with Crippen molar-refractivity contribution in [2.45, 2.75) is 102 Å². The van der Waals surface area contributed by atoms with E-state index in [2.05, 4.69) is 25.8 Å². The van der Waals surface area contributed by atoms with E-state index in [0.717, 1.165) is 49.6 Å². The van der Waals surface area contributed by atoms with Gasteiger partial charge in [-0.2, -0.15) is 13.2 Å². The van der Waals surface area contributed by atoms with E-state index in [4.69, 9.17) is 0 Å². The third-order valence-corrected chi connectivity index (χ3v) is 12.9. The number of alkyl halides is 3. The molecule has 2 fully saturated rings. The largest absolute Gasteiger partial charge is 0.417 e. The average Bonchev–Trinajstić information content (AvgIpc) is 3.54. The number of piperidine rings is 1. The van der Waals surface area contributed by atoms with E-state index in [9.17, 15) is 46.7 Å². The highest BCUT2D eigenvalue weighted by Gasteiger charge is 2.45. The van der Waals surface area contributed by atoms with Crippen LogP contribution in [0.2, 0.25) is 0 Å². The van der Waals surface area contributed by atoms with E-state index in [-0.39, 0.29) is 65.1 Å². The van der Waals surface area contributed by atoms with Crippen LogP contribution >= 0.6 is 0 Å². The maximum Gasteiger partial charge on any atom is 0.417 e. The van der Waals surface area contributed by atoms with Gasteiger partial charge in [0.05, 0.1) is 33.6 Å². The van der Waals surface area contributed by atoms with Gasteiger partial charge in [0.25, 0.3) is 17.7 Å². The van der Waals surface area contributed by atoms with Crippen LogP contribution in [0.25, 0.3) is 11.1 Å². The summed E-state index contributed by atoms with van der Waals surface area (Å²) in [5.41, 5.74) is -0.902. The van der Waals surface area contributed by atoms with E-state index < -0.39 is 64.3 Å². The van der Waals surface area contributed by atoms with E-state index in [1.54, 1.807) is 30.3 Å². The minimum absolute atomic E-state index is 0.0432. The SMILES string of the molecule is C[C@@H]1CN(c2ccc(-c3ccc(C(=O)CCCCCCCCCNc4cccc5c4C(=O)N(C4CCC(=O)NC4=O)C5=O)cc3F)cc2NC(=O)c2c[nH]c(=O)cc2C(F)(F)F)C[C@H](C)N1C. The standard InChI is InChI=1S/C49H53F4N7O7/c1-28-26-59(27-29(2)58(28)3)39-18-16-30(23-38(39)56-45(64)34-25-55-43(63)24-35(34)49(51,52)53)32-17-15-31(22-36(32)50)41(61)14-9-7-5-4-6-8-10-21-54-37-13-11-12-33-44(37)48(67)60(47(33)66)40-19-20-42(62)57-46(40)65/h11-13,15-18,22-25,28-29,40,54H,4-10,14,19-21,26-27H2,1-3H3,(H,55,63)(H,56,64)(H,57,62,65)/t28-,29+,40?. The number of Topliss-reactive ketones (excluding diaryl/α,β-unsaturated/α-hetero) is 1. The normalized spacial score (nSPS) is 18.8. The summed E-state index contributed by atoms with van der Waals surface area (Å²) in [5, 5.41) is 8.06. The van der Waals surface area contributed by atoms with Crippen LogP contribution in [0.4, 0.5) is 34.6 Å². The van der Waals surface area contributed by atoms with Crippen molar-refractivity contribution in [2.24, 2.45) is 0 Å². The Kier molecular flexibility index (Phi) is 14.7. The molecule has 0 spiro atoms. The number of pyridine rings is 1. The number of rotatable bonds is 17. The Morgan fingerprint density at radius 2 is 1.51 bits per heavy atom. The van der Waals surface area contributed by atoms with Crippen molar-refractivity contribution >= 4 is 52.4 Å². The van der Waals surface area contributed by atoms with Gasteiger partial charge in [0.1, 0.15) is 11.9 Å². The zero-order valence-electron chi connectivity index (χ0n) is 37.5. The molecule has 18 heteroatoms. The number of aromatic amines is 1. The molecule has 1 aromatic heterocycles. The van der Waals surface area contributed by atoms with Gasteiger partial charge in [-0.25, -0.2) is 4.39 Å². The number of aromatic nitrogens is 1. The highest BCUT2D eigenvalue weighted by molar-refractivity contribution is 6.25. The van der Waals surface area contributed by atoms with Gasteiger partial charge in [0.15, 0.2) is 5.78 Å². The van der Waals surface area contributed by atoms with Crippen LogP contribution in [-0.2, 0) is 15.8 Å². The molecule has 1 unspecified atom stereocenters. The molecule has 7 rings (SSSR count). The van der Waals surface area contributed by atoms with Gasteiger partial charge in [-0.05, 0) is 76.1 Å². The van der Waals surface area contributed by atoms with Crippen LogP contribution in [0.1, 0.15) is 125 Å². The van der Waals surface area contributed by atoms with Crippen molar-refractivity contribution in [2.75, 3.05) is 42.2 Å². The molecule has 4 aromatic rings. The number of carbonyl (C=O) groups is 6. The van der Waals surface area contributed by atoms with Crippen molar-refractivity contribution in [3.63, 3.8) is 0 Å². The van der Waals surface area contributed by atoms with Crippen molar-refractivity contribution in [1.82, 2.24) is 20.1 Å². The van der Waals surface area contributed by atoms with Crippen LogP contribution in [0.3, 0.4) is 0 Å². The number of anilines is 3. The first-order valence-electron chi connectivity index (χ1n) is 22.6. The summed E-state index contributed by atoms with van der Waals surface area (Å²) in [4.78, 5) is 96.1. The van der Waals surface area contributed by atoms with Gasteiger partial charge in [-0.1, -0.05) is 56.4 Å². The van der Waals surface area contributed by atoms with Crippen LogP contribution < -0.4 is 26.4 Å². The lowest BCUT2D eigenvalue weighted by Gasteiger charge is -2.44. The molecule has 3 aromatic carbocycles. The molecule has 0 aliphatic carbocycles. The number of hydrogen-bond donors (Lipinski definition) is 4. The number of imide groups is 2. The van der Waals surface area contributed by atoms with E-state index >= 15 is 4.39 Å². The molecule has 3 aliphatic heterocycles. The number of ketones is 1. The summed E-state index contributed by atoms with van der Waals surface area (Å²) in [6, 6.07) is 13.5. The fourth-order valence-corrected chi connectivity index (χ4v) is 9.01. The van der Waals surface area contributed by atoms with Crippen LogP contribution in [0.5, 0.6) is 0 Å². The molecule has 0 bridgehead atoms. The second kappa shape index (κ2) is 20.4. The second-order valence-electron chi connectivity index (χ2n) is 17.5. The molecular formula is C49H53F4N7O7. The summed E-state index contributed by atoms with van der Waals surface area (Å²) in [6.07, 6.45) is 2.00. The third-order valence-electron chi connectivity index (χ3n) is 12.9. The summed E-state index contributed by atoms with van der Waals surface area (Å²) in [7, 11) is 2.00. The first-order valence-corrected chi connectivity index (χ1v) is 22.6. The number of halogens is 4. The lowest BCUT2D eigenvalue weighted by Crippen LogP contribution is -2.55. The second-order valence-corrected chi connectivity index (χ2v) is 17.5. The molecule has 3 atom stereocenters.